The molecular weight excluding hydrogens is 284 g/mol. The molecule has 0 heterocycles. The van der Waals surface area contributed by atoms with Crippen LogP contribution in [0.15, 0.2) is 0 Å². The Morgan fingerprint density at radius 1 is 1.20 bits per heavy atom. The molecule has 1 amide bonds. The molecular formula is C12H22N2O5S. The molecule has 0 radical (unpaired) electrons. The summed E-state index contributed by atoms with van der Waals surface area (Å²) in [6, 6.07) is 0. The van der Waals surface area contributed by atoms with E-state index in [0.29, 0.717) is 19.3 Å². The Kier molecular flexibility index (Phi) is 5.52. The maximum absolute atomic E-state index is 12.5. The lowest BCUT2D eigenvalue weighted by Gasteiger charge is -2.25. The molecule has 1 saturated carbocycles. The molecule has 0 saturated heterocycles. The zero-order valence-electron chi connectivity index (χ0n) is 12.3. The van der Waals surface area contributed by atoms with Crippen LogP contribution in [0.2, 0.25) is 0 Å². The van der Waals surface area contributed by atoms with Crippen molar-refractivity contribution in [3.63, 3.8) is 0 Å². The van der Waals surface area contributed by atoms with Crippen LogP contribution >= 0.6 is 0 Å². The zero-order chi connectivity index (χ0) is 15.5. The van der Waals surface area contributed by atoms with Crippen LogP contribution in [0.25, 0.3) is 0 Å². The summed E-state index contributed by atoms with van der Waals surface area (Å²) >= 11 is 0. The molecule has 0 aromatic heterocycles. The summed E-state index contributed by atoms with van der Waals surface area (Å²) in [5, 5.41) is -0.796. The lowest BCUT2D eigenvalue weighted by Crippen LogP contribution is -2.44. The van der Waals surface area contributed by atoms with Crippen LogP contribution in [-0.4, -0.2) is 69.5 Å². The van der Waals surface area contributed by atoms with Crippen LogP contribution in [0.1, 0.15) is 19.3 Å². The van der Waals surface area contributed by atoms with E-state index < -0.39 is 27.2 Å². The molecule has 1 aliphatic rings. The number of sulfonamides is 1. The average molecular weight is 306 g/mol. The van der Waals surface area contributed by atoms with E-state index in [9.17, 15) is 18.0 Å². The zero-order valence-corrected chi connectivity index (χ0v) is 13.1. The van der Waals surface area contributed by atoms with Crippen molar-refractivity contribution in [2.24, 2.45) is 5.92 Å². The van der Waals surface area contributed by atoms with E-state index in [1.807, 2.05) is 0 Å². The van der Waals surface area contributed by atoms with E-state index in [1.165, 1.54) is 19.1 Å². The van der Waals surface area contributed by atoms with Gasteiger partial charge in [-0.2, -0.15) is 4.31 Å². The second-order valence-corrected chi connectivity index (χ2v) is 7.45. The molecule has 0 aromatic rings. The van der Waals surface area contributed by atoms with Crippen LogP contribution in [0.5, 0.6) is 0 Å². The molecule has 1 fully saturated rings. The topological polar surface area (TPSA) is 84.0 Å². The highest BCUT2D eigenvalue weighted by Gasteiger charge is 2.44. The second kappa shape index (κ2) is 6.53. The first-order valence-electron chi connectivity index (χ1n) is 6.45. The van der Waals surface area contributed by atoms with Gasteiger partial charge in [0.25, 0.3) is 0 Å². The molecule has 0 aliphatic heterocycles. The number of hydrogen-bond acceptors (Lipinski definition) is 5. The van der Waals surface area contributed by atoms with Gasteiger partial charge in [-0.3, -0.25) is 9.59 Å². The van der Waals surface area contributed by atoms with Gasteiger partial charge in [0.2, 0.25) is 15.9 Å². The number of esters is 1. The number of hydrogen-bond donors (Lipinski definition) is 0. The van der Waals surface area contributed by atoms with Crippen molar-refractivity contribution < 1.29 is 22.7 Å². The fourth-order valence-corrected chi connectivity index (χ4v) is 4.24. The standard InChI is InChI=1S/C12H22N2O5S/c1-13(2)11(15)8-14(3)20(17,18)10-7-5-6-9(10)12(16)19-4/h9-10H,5-8H2,1-4H3. The quantitative estimate of drug-likeness (QED) is 0.650. The van der Waals surface area contributed by atoms with Crippen molar-refractivity contribution in [2.45, 2.75) is 24.5 Å². The molecule has 8 heteroatoms. The van der Waals surface area contributed by atoms with Crippen molar-refractivity contribution >= 4 is 21.9 Å². The number of likely N-dealkylation sites (N-methyl/N-ethyl adjacent to an activating group) is 2. The van der Waals surface area contributed by atoms with Gasteiger partial charge in [0, 0.05) is 21.1 Å². The van der Waals surface area contributed by atoms with Crippen molar-refractivity contribution in [1.29, 1.82) is 0 Å². The van der Waals surface area contributed by atoms with Gasteiger partial charge in [-0.1, -0.05) is 6.42 Å². The van der Waals surface area contributed by atoms with E-state index in [1.54, 1.807) is 14.1 Å². The monoisotopic (exact) mass is 306 g/mol. The number of carbonyl (C=O) groups is 2. The van der Waals surface area contributed by atoms with E-state index in [0.717, 1.165) is 4.31 Å². The Morgan fingerprint density at radius 2 is 1.80 bits per heavy atom. The summed E-state index contributed by atoms with van der Waals surface area (Å²) in [6.45, 7) is -0.222. The Labute approximate surface area is 119 Å². The normalized spacial score (nSPS) is 22.9. The van der Waals surface area contributed by atoms with Gasteiger partial charge < -0.3 is 9.64 Å². The minimum absolute atomic E-state index is 0.222. The van der Waals surface area contributed by atoms with Gasteiger partial charge in [0.05, 0.1) is 24.8 Å². The Morgan fingerprint density at radius 3 is 2.30 bits per heavy atom. The van der Waals surface area contributed by atoms with E-state index in [-0.39, 0.29) is 12.5 Å². The van der Waals surface area contributed by atoms with Crippen LogP contribution < -0.4 is 0 Å². The molecule has 1 aliphatic carbocycles. The maximum Gasteiger partial charge on any atom is 0.310 e. The molecule has 1 rings (SSSR count). The summed E-state index contributed by atoms with van der Waals surface area (Å²) in [5.41, 5.74) is 0. The molecule has 2 unspecified atom stereocenters. The Balaban J connectivity index is 2.87. The minimum atomic E-state index is -3.69. The molecule has 0 spiro atoms. The number of nitrogens with zero attached hydrogens (tertiary/aromatic N) is 2. The van der Waals surface area contributed by atoms with Gasteiger partial charge in [0.1, 0.15) is 0 Å². The lowest BCUT2D eigenvalue weighted by atomic mass is 10.1. The lowest BCUT2D eigenvalue weighted by molar-refractivity contribution is -0.145. The van der Waals surface area contributed by atoms with Crippen LogP contribution in [0.4, 0.5) is 0 Å². The third kappa shape index (κ3) is 3.49. The number of carbonyl (C=O) groups excluding carboxylic acids is 2. The molecule has 7 nitrogen and oxygen atoms in total. The first-order valence-corrected chi connectivity index (χ1v) is 7.95. The van der Waals surface area contributed by atoms with Gasteiger partial charge in [-0.05, 0) is 12.8 Å². The van der Waals surface area contributed by atoms with E-state index >= 15 is 0 Å². The van der Waals surface area contributed by atoms with Crippen molar-refractivity contribution in [3.8, 4) is 0 Å². The third-order valence-electron chi connectivity index (χ3n) is 3.63. The van der Waals surface area contributed by atoms with Gasteiger partial charge in [-0.15, -0.1) is 0 Å². The Hall–Kier alpha value is -1.15. The number of rotatable bonds is 5. The fraction of sp³-hybridized carbons (Fsp3) is 0.833. The van der Waals surface area contributed by atoms with Crippen molar-refractivity contribution in [2.75, 3.05) is 34.8 Å². The predicted octanol–water partition coefficient (Wildman–Crippen LogP) is -0.322. The maximum atomic E-state index is 12.5. The third-order valence-corrected chi connectivity index (χ3v) is 5.96. The summed E-state index contributed by atoms with van der Waals surface area (Å²) < 4.78 is 30.6. The second-order valence-electron chi connectivity index (χ2n) is 5.19. The molecule has 0 bridgehead atoms. The minimum Gasteiger partial charge on any atom is -0.469 e. The van der Waals surface area contributed by atoms with Gasteiger partial charge in [0.15, 0.2) is 0 Å². The molecule has 0 N–H and O–H groups in total. The molecule has 116 valence electrons. The average Bonchev–Trinajstić information content (AvgIpc) is 2.87. The molecule has 2 atom stereocenters. The van der Waals surface area contributed by atoms with Crippen LogP contribution in [0.3, 0.4) is 0 Å². The molecule has 0 aromatic carbocycles. The van der Waals surface area contributed by atoms with E-state index in [2.05, 4.69) is 4.74 Å². The first-order chi connectivity index (χ1) is 9.21. The predicted molar refractivity (Wildman–Crippen MR) is 73.4 cm³/mol. The summed E-state index contributed by atoms with van der Waals surface area (Å²) in [5.74, 6) is -1.44. The van der Waals surface area contributed by atoms with Crippen LogP contribution in [0, 0.1) is 5.92 Å². The number of methoxy groups -OCH3 is 1. The largest absolute Gasteiger partial charge is 0.469 e. The number of ether oxygens (including phenoxy) is 1. The number of amides is 1. The highest BCUT2D eigenvalue weighted by molar-refractivity contribution is 7.89. The highest BCUT2D eigenvalue weighted by atomic mass is 32.2. The first kappa shape index (κ1) is 16.9. The smallest absolute Gasteiger partial charge is 0.310 e. The summed E-state index contributed by atoms with van der Waals surface area (Å²) in [4.78, 5) is 24.6. The highest BCUT2D eigenvalue weighted by Crippen LogP contribution is 2.33. The molecule has 20 heavy (non-hydrogen) atoms. The van der Waals surface area contributed by atoms with Gasteiger partial charge >= 0.3 is 5.97 Å². The summed E-state index contributed by atoms with van der Waals surface area (Å²) in [7, 11) is 2.06. The Bertz CT molecular complexity index is 474. The summed E-state index contributed by atoms with van der Waals surface area (Å²) in [6.07, 6.45) is 1.59. The van der Waals surface area contributed by atoms with Crippen molar-refractivity contribution in [1.82, 2.24) is 9.21 Å². The van der Waals surface area contributed by atoms with Gasteiger partial charge in [-0.25, -0.2) is 8.42 Å². The SMILES string of the molecule is COC(=O)C1CCCC1S(=O)(=O)N(C)CC(=O)N(C)C. The van der Waals surface area contributed by atoms with Crippen LogP contribution in [-0.2, 0) is 24.3 Å². The van der Waals surface area contributed by atoms with Crippen molar-refractivity contribution in [3.05, 3.63) is 0 Å². The van der Waals surface area contributed by atoms with E-state index in [4.69, 9.17) is 0 Å². The fourth-order valence-electron chi connectivity index (χ4n) is 2.36.